The Hall–Kier alpha value is -1.60. The molecule has 3 heterocycles. The minimum Gasteiger partial charge on any atom is -0.335 e. The van der Waals surface area contributed by atoms with Crippen molar-refractivity contribution in [3.8, 4) is 0 Å². The van der Waals surface area contributed by atoms with Gasteiger partial charge in [0.05, 0.1) is 12.6 Å². The second-order valence-corrected chi connectivity index (χ2v) is 8.59. The first-order valence-corrected chi connectivity index (χ1v) is 11.0. The number of hydrogen-bond acceptors (Lipinski definition) is 6. The lowest BCUT2D eigenvalue weighted by molar-refractivity contribution is 0.512. The molecule has 0 fully saturated rings. The summed E-state index contributed by atoms with van der Waals surface area (Å²) < 4.78 is 0. The summed E-state index contributed by atoms with van der Waals surface area (Å²) in [5.41, 5.74) is 5.13. The zero-order valence-electron chi connectivity index (χ0n) is 15.7. The third-order valence-corrected chi connectivity index (χ3v) is 6.76. The van der Waals surface area contributed by atoms with Crippen LogP contribution in [-0.4, -0.2) is 33.6 Å². The van der Waals surface area contributed by atoms with Crippen molar-refractivity contribution in [3.05, 3.63) is 76.8 Å². The highest BCUT2D eigenvalue weighted by molar-refractivity contribution is 8.17. The number of benzene rings is 2. The molecule has 0 bridgehead atoms. The van der Waals surface area contributed by atoms with Crippen LogP contribution >= 0.6 is 48.3 Å². The molecular formula is C21H22Cl2N4S2. The molecule has 0 amide bonds. The van der Waals surface area contributed by atoms with E-state index in [-0.39, 0.29) is 24.8 Å². The Balaban J connectivity index is 0.00000120. The van der Waals surface area contributed by atoms with Gasteiger partial charge in [0.1, 0.15) is 0 Å². The van der Waals surface area contributed by atoms with Gasteiger partial charge in [-0.3, -0.25) is 9.98 Å². The van der Waals surface area contributed by atoms with Gasteiger partial charge in [0, 0.05) is 23.7 Å². The third kappa shape index (κ3) is 4.94. The largest absolute Gasteiger partial charge is 0.335 e. The number of anilines is 1. The van der Waals surface area contributed by atoms with Crippen LogP contribution in [0.4, 0.5) is 5.69 Å². The highest BCUT2D eigenvalue weighted by atomic mass is 35.5. The Morgan fingerprint density at radius 1 is 1.07 bits per heavy atom. The number of para-hydroxylation sites is 1. The SMILES string of the molecule is C1=C(CSC2=NCc3ccccc3N2)N2CC(Cc3ccccc3)N=C2S1.Cl.Cl. The van der Waals surface area contributed by atoms with Crippen molar-refractivity contribution < 1.29 is 0 Å². The van der Waals surface area contributed by atoms with Crippen LogP contribution in [0.25, 0.3) is 0 Å². The van der Waals surface area contributed by atoms with Crippen molar-refractivity contribution in [2.45, 2.75) is 19.0 Å². The van der Waals surface area contributed by atoms with Crippen LogP contribution in [0.1, 0.15) is 11.1 Å². The summed E-state index contributed by atoms with van der Waals surface area (Å²) in [5, 5.41) is 7.84. The highest BCUT2D eigenvalue weighted by Crippen LogP contribution is 2.34. The number of fused-ring (bicyclic) bond motifs is 2. The lowest BCUT2D eigenvalue weighted by Gasteiger charge is -2.20. The van der Waals surface area contributed by atoms with Crippen LogP contribution in [0.2, 0.25) is 0 Å². The summed E-state index contributed by atoms with van der Waals surface area (Å²) in [6.45, 7) is 1.74. The van der Waals surface area contributed by atoms with Crippen molar-refractivity contribution in [1.29, 1.82) is 0 Å². The maximum atomic E-state index is 4.92. The molecule has 29 heavy (non-hydrogen) atoms. The molecule has 8 heteroatoms. The van der Waals surface area contributed by atoms with Gasteiger partial charge in [-0.05, 0) is 29.0 Å². The molecule has 0 saturated heterocycles. The molecular weight excluding hydrogens is 443 g/mol. The molecule has 0 radical (unpaired) electrons. The number of amidine groups is 2. The summed E-state index contributed by atoms with van der Waals surface area (Å²) in [6.07, 6.45) is 1.01. The molecule has 1 atom stereocenters. The topological polar surface area (TPSA) is 40.0 Å². The van der Waals surface area contributed by atoms with Gasteiger partial charge in [0.15, 0.2) is 10.3 Å². The molecule has 2 aromatic rings. The average Bonchev–Trinajstić information content (AvgIpc) is 3.27. The van der Waals surface area contributed by atoms with Crippen LogP contribution in [0.5, 0.6) is 0 Å². The molecule has 1 N–H and O–H groups in total. The maximum Gasteiger partial charge on any atom is 0.168 e. The van der Waals surface area contributed by atoms with E-state index in [9.17, 15) is 0 Å². The predicted octanol–water partition coefficient (Wildman–Crippen LogP) is 5.42. The van der Waals surface area contributed by atoms with Gasteiger partial charge in [-0.15, -0.1) is 24.8 Å². The second-order valence-electron chi connectivity index (χ2n) is 6.79. The Bertz CT molecular complexity index is 947. The Kier molecular flexibility index (Phi) is 7.57. The van der Waals surface area contributed by atoms with Gasteiger partial charge in [-0.25, -0.2) is 0 Å². The quantitative estimate of drug-likeness (QED) is 0.655. The number of halogens is 2. The number of hydrogen-bond donors (Lipinski definition) is 1. The van der Waals surface area contributed by atoms with E-state index < -0.39 is 0 Å². The lowest BCUT2D eigenvalue weighted by atomic mass is 10.1. The number of thioether (sulfide) groups is 2. The number of aliphatic imine (C=N–C) groups is 2. The number of nitrogens with one attached hydrogen (secondary N) is 1. The standard InChI is InChI=1S/C21H20N4S2.2ClH/c1-2-6-15(7-3-1)10-17-12-25-18(14-27-21(25)23-17)13-26-20-22-11-16-8-4-5-9-19(16)24-20;;/h1-9,14,17H,10-13H2,(H,22,24);2*1H. The van der Waals surface area contributed by atoms with Crippen molar-refractivity contribution in [2.24, 2.45) is 9.98 Å². The van der Waals surface area contributed by atoms with Crippen molar-refractivity contribution >= 4 is 64.4 Å². The average molecular weight is 465 g/mol. The summed E-state index contributed by atoms with van der Waals surface area (Å²) in [6, 6.07) is 19.4. The van der Waals surface area contributed by atoms with E-state index in [0.717, 1.165) is 35.6 Å². The second kappa shape index (κ2) is 9.94. The zero-order chi connectivity index (χ0) is 18.1. The summed E-state index contributed by atoms with van der Waals surface area (Å²) in [4.78, 5) is 12.0. The smallest absolute Gasteiger partial charge is 0.168 e. The van der Waals surface area contributed by atoms with Crippen molar-refractivity contribution in [1.82, 2.24) is 4.90 Å². The number of nitrogens with zero attached hydrogens (tertiary/aromatic N) is 3. The van der Waals surface area contributed by atoms with E-state index in [0.29, 0.717) is 6.04 Å². The van der Waals surface area contributed by atoms with Crippen molar-refractivity contribution in [2.75, 3.05) is 17.6 Å². The van der Waals surface area contributed by atoms with E-state index in [4.69, 9.17) is 4.99 Å². The zero-order valence-corrected chi connectivity index (χ0v) is 18.9. The molecule has 0 spiro atoms. The molecule has 152 valence electrons. The molecule has 3 aliphatic heterocycles. The van der Waals surface area contributed by atoms with Crippen molar-refractivity contribution in [3.63, 3.8) is 0 Å². The first-order chi connectivity index (χ1) is 13.3. The van der Waals surface area contributed by atoms with Gasteiger partial charge in [0.25, 0.3) is 0 Å². The minimum atomic E-state index is 0. The Morgan fingerprint density at radius 3 is 2.72 bits per heavy atom. The molecule has 3 aliphatic rings. The summed E-state index contributed by atoms with van der Waals surface area (Å²) >= 11 is 3.52. The van der Waals surface area contributed by atoms with Crippen LogP contribution in [0.3, 0.4) is 0 Å². The Labute approximate surface area is 192 Å². The maximum absolute atomic E-state index is 4.92. The molecule has 1 unspecified atom stereocenters. The van der Waals surface area contributed by atoms with Gasteiger partial charge in [-0.2, -0.15) is 0 Å². The van der Waals surface area contributed by atoms with E-state index in [1.807, 2.05) is 0 Å². The van der Waals surface area contributed by atoms with E-state index in [1.54, 1.807) is 23.5 Å². The van der Waals surface area contributed by atoms with Crippen LogP contribution < -0.4 is 5.32 Å². The molecule has 2 aromatic carbocycles. The van der Waals surface area contributed by atoms with E-state index in [2.05, 4.69) is 75.2 Å². The summed E-state index contributed by atoms with van der Waals surface area (Å²) in [5.74, 6) is 0.915. The fraction of sp³-hybridized carbons (Fsp3) is 0.238. The molecule has 5 rings (SSSR count). The predicted molar refractivity (Wildman–Crippen MR) is 132 cm³/mol. The molecule has 0 aliphatic carbocycles. The highest BCUT2D eigenvalue weighted by Gasteiger charge is 2.31. The minimum absolute atomic E-state index is 0. The van der Waals surface area contributed by atoms with Gasteiger partial charge in [-0.1, -0.05) is 72.1 Å². The first-order valence-electron chi connectivity index (χ1n) is 9.12. The van der Waals surface area contributed by atoms with E-state index in [1.165, 1.54) is 22.5 Å². The van der Waals surface area contributed by atoms with Crippen LogP contribution in [0.15, 0.2) is 75.7 Å². The summed E-state index contributed by atoms with van der Waals surface area (Å²) in [7, 11) is 0. The fourth-order valence-corrected chi connectivity index (χ4v) is 5.45. The van der Waals surface area contributed by atoms with E-state index >= 15 is 0 Å². The van der Waals surface area contributed by atoms with Crippen LogP contribution in [-0.2, 0) is 13.0 Å². The molecule has 0 saturated carbocycles. The third-order valence-electron chi connectivity index (χ3n) is 4.89. The van der Waals surface area contributed by atoms with Gasteiger partial charge < -0.3 is 10.2 Å². The van der Waals surface area contributed by atoms with Gasteiger partial charge in [0.2, 0.25) is 0 Å². The van der Waals surface area contributed by atoms with Gasteiger partial charge >= 0.3 is 0 Å². The fourth-order valence-electron chi connectivity index (χ4n) is 3.50. The number of rotatable bonds is 4. The first kappa shape index (κ1) is 22.1. The Morgan fingerprint density at radius 2 is 1.86 bits per heavy atom. The molecule has 4 nitrogen and oxygen atoms in total. The lowest BCUT2D eigenvalue weighted by Crippen LogP contribution is -2.26. The normalized spacial score (nSPS) is 19.0. The molecule has 0 aromatic heterocycles. The van der Waals surface area contributed by atoms with Crippen LogP contribution in [0, 0.1) is 0 Å². The monoisotopic (exact) mass is 464 g/mol.